The summed E-state index contributed by atoms with van der Waals surface area (Å²) < 4.78 is 57.5. The second-order valence-electron chi connectivity index (χ2n) is 4.86. The van der Waals surface area contributed by atoms with Gasteiger partial charge in [-0.15, -0.1) is 0 Å². The van der Waals surface area contributed by atoms with E-state index < -0.39 is 23.7 Å². The minimum Gasteiger partial charge on any atom is -0.465 e. The third-order valence-electron chi connectivity index (χ3n) is 3.07. The Morgan fingerprint density at radius 1 is 1.33 bits per heavy atom. The van der Waals surface area contributed by atoms with Gasteiger partial charge in [0, 0.05) is 6.42 Å². The number of hydroxylamine groups is 2. The zero-order valence-corrected chi connectivity index (χ0v) is 12.4. The summed E-state index contributed by atoms with van der Waals surface area (Å²) in [5.74, 6) is -1.12. The van der Waals surface area contributed by atoms with Gasteiger partial charge in [0.15, 0.2) is 17.3 Å². The topological polar surface area (TPSA) is 71.6 Å². The monoisotopic (exact) mass is 345 g/mol. The van der Waals surface area contributed by atoms with Crippen molar-refractivity contribution in [3.8, 4) is 5.75 Å². The molecule has 1 aliphatic heterocycles. The molecule has 0 fully saturated rings. The van der Waals surface area contributed by atoms with Crippen LogP contribution in [-0.2, 0) is 11.2 Å². The average molecular weight is 345 g/mol. The summed E-state index contributed by atoms with van der Waals surface area (Å²) in [6.07, 6.45) is -0.741. The number of alkyl halides is 3. The van der Waals surface area contributed by atoms with Gasteiger partial charge in [-0.2, -0.15) is 13.2 Å². The first-order valence-corrected chi connectivity index (χ1v) is 6.92. The number of rotatable bonds is 5. The normalized spacial score (nSPS) is 14.3. The first-order valence-electron chi connectivity index (χ1n) is 6.92. The van der Waals surface area contributed by atoms with Crippen molar-refractivity contribution < 1.29 is 27.1 Å². The fourth-order valence-electron chi connectivity index (χ4n) is 1.99. The molecule has 130 valence electrons. The van der Waals surface area contributed by atoms with Crippen LogP contribution in [0.4, 0.5) is 17.6 Å². The van der Waals surface area contributed by atoms with Gasteiger partial charge in [0.2, 0.25) is 0 Å². The molecule has 0 spiro atoms. The molecule has 9 heteroatoms. The second kappa shape index (κ2) is 7.24. The Balaban J connectivity index is 2.06. The number of hydrogen-bond acceptors (Lipinski definition) is 4. The smallest absolute Gasteiger partial charge is 0.434 e. The van der Waals surface area contributed by atoms with Crippen LogP contribution in [0.2, 0.25) is 0 Å². The van der Waals surface area contributed by atoms with Gasteiger partial charge >= 0.3 is 6.18 Å². The van der Waals surface area contributed by atoms with Crippen LogP contribution in [-0.4, -0.2) is 30.4 Å². The highest BCUT2D eigenvalue weighted by molar-refractivity contribution is 5.67. The molecular weight excluding hydrogens is 330 g/mol. The number of benzene rings is 1. The molecule has 1 heterocycles. The summed E-state index contributed by atoms with van der Waals surface area (Å²) in [5, 5.41) is 7.48. The average Bonchev–Trinajstić information content (AvgIpc) is 2.49. The lowest BCUT2D eigenvalue weighted by molar-refractivity contribution is -0.151. The fourth-order valence-corrected chi connectivity index (χ4v) is 1.99. The Kier molecular flexibility index (Phi) is 5.32. The number of nitrogens with one attached hydrogen (secondary N) is 1. The van der Waals surface area contributed by atoms with E-state index in [4.69, 9.17) is 20.7 Å². The van der Waals surface area contributed by atoms with Crippen molar-refractivity contribution in [2.75, 3.05) is 13.2 Å². The van der Waals surface area contributed by atoms with Crippen LogP contribution in [0.15, 0.2) is 42.1 Å². The fraction of sp³-hybridized carbons (Fsp3) is 0.267. The summed E-state index contributed by atoms with van der Waals surface area (Å²) in [6, 6.07) is 3.43. The molecule has 2 rings (SSSR count). The molecular formula is C15H15F4N3O2. The molecule has 0 radical (unpaired) electrons. The molecule has 0 amide bonds. The predicted molar refractivity (Wildman–Crippen MR) is 78.6 cm³/mol. The lowest BCUT2D eigenvalue weighted by Gasteiger charge is -2.28. The standard InChI is InChI=1S/C15H15F4N3O2/c16-11-9-10(6-8-23-14(20)21)4-5-12(11)24-22-7-2-1-3-13(22)15(17,18)19/h1-5,9H,6-8H2,(H3,20,21). The van der Waals surface area contributed by atoms with Gasteiger partial charge in [0.05, 0.1) is 13.2 Å². The maximum atomic E-state index is 14.0. The van der Waals surface area contributed by atoms with Crippen LogP contribution in [0.25, 0.3) is 0 Å². The zero-order valence-electron chi connectivity index (χ0n) is 12.4. The molecule has 1 aromatic rings. The number of nitrogens with zero attached hydrogens (tertiary/aromatic N) is 1. The molecule has 5 nitrogen and oxygen atoms in total. The lowest BCUT2D eigenvalue weighted by atomic mass is 10.1. The van der Waals surface area contributed by atoms with E-state index >= 15 is 0 Å². The van der Waals surface area contributed by atoms with Crippen molar-refractivity contribution >= 4 is 6.02 Å². The van der Waals surface area contributed by atoms with Crippen LogP contribution in [0.3, 0.4) is 0 Å². The molecule has 0 unspecified atom stereocenters. The van der Waals surface area contributed by atoms with Crippen molar-refractivity contribution in [1.82, 2.24) is 5.06 Å². The summed E-state index contributed by atoms with van der Waals surface area (Å²) in [6.45, 7) is -0.0636. The maximum absolute atomic E-state index is 14.0. The van der Waals surface area contributed by atoms with Crippen molar-refractivity contribution in [2.45, 2.75) is 12.6 Å². The molecule has 1 aliphatic rings. The van der Waals surface area contributed by atoms with E-state index in [0.29, 0.717) is 10.6 Å². The zero-order chi connectivity index (χ0) is 17.7. The van der Waals surface area contributed by atoms with Crippen molar-refractivity contribution in [3.05, 3.63) is 53.5 Å². The molecule has 24 heavy (non-hydrogen) atoms. The van der Waals surface area contributed by atoms with Crippen LogP contribution in [0.1, 0.15) is 5.56 Å². The van der Waals surface area contributed by atoms with Crippen LogP contribution >= 0.6 is 0 Å². The van der Waals surface area contributed by atoms with E-state index in [1.54, 1.807) is 0 Å². The maximum Gasteiger partial charge on any atom is 0.434 e. The van der Waals surface area contributed by atoms with Crippen LogP contribution in [0.5, 0.6) is 5.75 Å². The number of allylic oxidation sites excluding steroid dienone is 3. The molecule has 0 aromatic heterocycles. The van der Waals surface area contributed by atoms with E-state index in [1.165, 1.54) is 24.3 Å². The minimum absolute atomic E-state index is 0.0901. The quantitative estimate of drug-likeness (QED) is 0.489. The van der Waals surface area contributed by atoms with Gasteiger partial charge in [-0.25, -0.2) is 9.45 Å². The molecule has 0 saturated heterocycles. The molecule has 0 atom stereocenters. The largest absolute Gasteiger partial charge is 0.465 e. The Bertz CT molecular complexity index is 671. The van der Waals surface area contributed by atoms with Gasteiger partial charge in [-0.3, -0.25) is 5.41 Å². The van der Waals surface area contributed by atoms with Gasteiger partial charge in [0.1, 0.15) is 0 Å². The first-order chi connectivity index (χ1) is 11.3. The van der Waals surface area contributed by atoms with Gasteiger partial charge in [0.25, 0.3) is 6.02 Å². The Morgan fingerprint density at radius 3 is 2.71 bits per heavy atom. The highest BCUT2D eigenvalue weighted by Gasteiger charge is 2.39. The lowest BCUT2D eigenvalue weighted by Crippen LogP contribution is -2.36. The summed E-state index contributed by atoms with van der Waals surface area (Å²) in [5.41, 5.74) is 4.54. The van der Waals surface area contributed by atoms with E-state index in [0.717, 1.165) is 12.1 Å². The summed E-state index contributed by atoms with van der Waals surface area (Å²) in [4.78, 5) is 5.06. The van der Waals surface area contributed by atoms with Crippen LogP contribution < -0.4 is 10.6 Å². The number of hydrogen-bond donors (Lipinski definition) is 2. The predicted octanol–water partition coefficient (Wildman–Crippen LogP) is 2.89. The highest BCUT2D eigenvalue weighted by Crippen LogP contribution is 2.31. The molecule has 3 N–H and O–H groups in total. The number of ether oxygens (including phenoxy) is 1. The molecule has 0 bridgehead atoms. The summed E-state index contributed by atoms with van der Waals surface area (Å²) in [7, 11) is 0. The number of amidine groups is 1. The van der Waals surface area contributed by atoms with E-state index in [-0.39, 0.29) is 25.3 Å². The van der Waals surface area contributed by atoms with Crippen LogP contribution in [0, 0.1) is 11.2 Å². The number of nitrogens with two attached hydrogens (primary N) is 1. The SMILES string of the molecule is N=C(N)OCCc1ccc(ON2CC=CC=C2C(F)(F)F)c(F)c1. The number of halogens is 4. The van der Waals surface area contributed by atoms with Crippen molar-refractivity contribution in [3.63, 3.8) is 0 Å². The molecule has 1 aromatic carbocycles. The first kappa shape index (κ1) is 17.6. The Morgan fingerprint density at radius 2 is 2.08 bits per heavy atom. The van der Waals surface area contributed by atoms with E-state index in [2.05, 4.69) is 0 Å². The van der Waals surface area contributed by atoms with E-state index in [9.17, 15) is 17.6 Å². The van der Waals surface area contributed by atoms with Gasteiger partial charge < -0.3 is 15.3 Å². The molecule has 0 aliphatic carbocycles. The van der Waals surface area contributed by atoms with Gasteiger partial charge in [-0.1, -0.05) is 18.2 Å². The van der Waals surface area contributed by atoms with Crippen molar-refractivity contribution in [2.24, 2.45) is 5.73 Å². The third-order valence-corrected chi connectivity index (χ3v) is 3.07. The highest BCUT2D eigenvalue weighted by atomic mass is 19.4. The minimum atomic E-state index is -4.61. The van der Waals surface area contributed by atoms with Gasteiger partial charge in [-0.05, 0) is 23.8 Å². The van der Waals surface area contributed by atoms with Crippen molar-refractivity contribution in [1.29, 1.82) is 5.41 Å². The van der Waals surface area contributed by atoms with E-state index in [1.807, 2.05) is 0 Å². The summed E-state index contributed by atoms with van der Waals surface area (Å²) >= 11 is 0. The Hall–Kier alpha value is -2.71. The molecule has 0 saturated carbocycles. The third kappa shape index (κ3) is 4.64. The Labute approximate surface area is 135 Å². The second-order valence-corrected chi connectivity index (χ2v) is 4.86.